The molecule has 1 aromatic carbocycles. The van der Waals surface area contributed by atoms with E-state index in [0.29, 0.717) is 24.5 Å². The highest BCUT2D eigenvalue weighted by Gasteiger charge is 2.31. The normalized spacial score (nSPS) is 21.6. The van der Waals surface area contributed by atoms with Gasteiger partial charge < -0.3 is 20.1 Å². The lowest BCUT2D eigenvalue weighted by atomic mass is 9.88. The van der Waals surface area contributed by atoms with E-state index < -0.39 is 0 Å². The quantitative estimate of drug-likeness (QED) is 0.546. The fraction of sp³-hybridized carbons (Fsp3) is 0.567. The number of likely N-dealkylation sites (N-methyl/N-ethyl adjacent to an activating group) is 1. The maximum absolute atomic E-state index is 13.4. The Hall–Kier alpha value is -2.97. The number of hydrogen-bond acceptors (Lipinski definition) is 6. The SMILES string of the molecule is CC(CO)N1C[C@@H](C)[C@H](CN(C)Cc2ccncc2)Oc2ccc(NC(=O)C3CCCCC3)cc2CC1=O. The van der Waals surface area contributed by atoms with Gasteiger partial charge in [0.25, 0.3) is 0 Å². The van der Waals surface area contributed by atoms with Crippen LogP contribution in [0.5, 0.6) is 5.75 Å². The molecule has 8 nitrogen and oxygen atoms in total. The smallest absolute Gasteiger partial charge is 0.227 e. The van der Waals surface area contributed by atoms with E-state index >= 15 is 0 Å². The van der Waals surface area contributed by atoms with Crippen LogP contribution in [0.2, 0.25) is 0 Å². The molecule has 2 aromatic rings. The van der Waals surface area contributed by atoms with Crippen molar-refractivity contribution >= 4 is 17.5 Å². The first-order chi connectivity index (χ1) is 18.3. The number of nitrogens with one attached hydrogen (secondary N) is 1. The van der Waals surface area contributed by atoms with Crippen molar-refractivity contribution in [3.05, 3.63) is 53.9 Å². The zero-order valence-electron chi connectivity index (χ0n) is 22.9. The van der Waals surface area contributed by atoms with E-state index in [2.05, 4.69) is 29.2 Å². The number of carbonyl (C=O) groups excluding carboxylic acids is 2. The third-order valence-corrected chi connectivity index (χ3v) is 7.85. The van der Waals surface area contributed by atoms with E-state index in [0.717, 1.165) is 37.8 Å². The summed E-state index contributed by atoms with van der Waals surface area (Å²) in [5, 5.41) is 13.0. The fourth-order valence-electron chi connectivity index (χ4n) is 5.51. The summed E-state index contributed by atoms with van der Waals surface area (Å²) in [4.78, 5) is 34.4. The molecule has 3 atom stereocenters. The summed E-state index contributed by atoms with van der Waals surface area (Å²) < 4.78 is 6.62. The van der Waals surface area contributed by atoms with Gasteiger partial charge in [-0.15, -0.1) is 0 Å². The van der Waals surface area contributed by atoms with Crippen molar-refractivity contribution < 1.29 is 19.4 Å². The number of anilines is 1. The molecule has 2 heterocycles. The van der Waals surface area contributed by atoms with Crippen LogP contribution in [-0.4, -0.2) is 70.6 Å². The van der Waals surface area contributed by atoms with Gasteiger partial charge in [-0.3, -0.25) is 19.5 Å². The highest BCUT2D eigenvalue weighted by Crippen LogP contribution is 2.30. The first-order valence-corrected chi connectivity index (χ1v) is 13.9. The molecule has 206 valence electrons. The molecule has 0 saturated heterocycles. The lowest BCUT2D eigenvalue weighted by molar-refractivity contribution is -0.134. The third-order valence-electron chi connectivity index (χ3n) is 7.85. The van der Waals surface area contributed by atoms with E-state index in [9.17, 15) is 14.7 Å². The van der Waals surface area contributed by atoms with Crippen molar-refractivity contribution in [2.75, 3.05) is 32.1 Å². The van der Waals surface area contributed by atoms with Crippen LogP contribution < -0.4 is 10.1 Å². The number of amides is 2. The number of rotatable bonds is 8. The maximum Gasteiger partial charge on any atom is 0.227 e. The molecule has 1 saturated carbocycles. The van der Waals surface area contributed by atoms with Gasteiger partial charge >= 0.3 is 0 Å². The predicted octanol–water partition coefficient (Wildman–Crippen LogP) is 3.88. The van der Waals surface area contributed by atoms with Crippen LogP contribution >= 0.6 is 0 Å². The van der Waals surface area contributed by atoms with Crippen molar-refractivity contribution in [2.45, 2.75) is 71.1 Å². The predicted molar refractivity (Wildman–Crippen MR) is 148 cm³/mol. The summed E-state index contributed by atoms with van der Waals surface area (Å²) in [5.41, 5.74) is 2.61. The largest absolute Gasteiger partial charge is 0.488 e. The average molecular weight is 523 g/mol. The lowest BCUT2D eigenvalue weighted by Crippen LogP contribution is -2.47. The van der Waals surface area contributed by atoms with Gasteiger partial charge in [0.05, 0.1) is 19.1 Å². The molecule has 1 aromatic heterocycles. The zero-order valence-corrected chi connectivity index (χ0v) is 22.9. The van der Waals surface area contributed by atoms with Gasteiger partial charge in [0.15, 0.2) is 0 Å². The molecule has 8 heteroatoms. The Bertz CT molecular complexity index is 1070. The minimum atomic E-state index is -0.295. The summed E-state index contributed by atoms with van der Waals surface area (Å²) in [6.45, 7) is 5.78. The van der Waals surface area contributed by atoms with Gasteiger partial charge in [-0.25, -0.2) is 0 Å². The fourth-order valence-corrected chi connectivity index (χ4v) is 5.51. The number of ether oxygens (including phenoxy) is 1. The summed E-state index contributed by atoms with van der Waals surface area (Å²) in [6.07, 6.45) is 8.81. The molecule has 1 fully saturated rings. The molecule has 0 bridgehead atoms. The Kier molecular flexibility index (Phi) is 9.74. The van der Waals surface area contributed by atoms with Gasteiger partial charge in [-0.1, -0.05) is 26.2 Å². The van der Waals surface area contributed by atoms with E-state index in [1.165, 1.54) is 12.0 Å². The Balaban J connectivity index is 1.57. The zero-order chi connectivity index (χ0) is 27.1. The molecule has 2 aliphatic rings. The molecule has 1 aliphatic heterocycles. The first kappa shape index (κ1) is 28.0. The Labute approximate surface area is 226 Å². The number of aliphatic hydroxyl groups is 1. The molecular weight excluding hydrogens is 480 g/mol. The van der Waals surface area contributed by atoms with Crippen molar-refractivity contribution in [1.29, 1.82) is 0 Å². The standard InChI is InChI=1S/C30H42N4O4/c1-21-17-34(22(2)20-35)29(36)16-25-15-26(32-30(37)24-7-5-4-6-8-24)9-10-27(25)38-28(21)19-33(3)18-23-11-13-31-14-12-23/h9-15,21-22,24,28,35H,4-8,16-20H2,1-3H3,(H,32,37)/t21-,22?,28+/m1/s1. The Morgan fingerprint density at radius 3 is 2.66 bits per heavy atom. The Morgan fingerprint density at radius 1 is 1.21 bits per heavy atom. The van der Waals surface area contributed by atoms with Gasteiger partial charge in [0.2, 0.25) is 11.8 Å². The summed E-state index contributed by atoms with van der Waals surface area (Å²) in [6, 6.07) is 9.35. The lowest BCUT2D eigenvalue weighted by Gasteiger charge is -2.34. The monoisotopic (exact) mass is 522 g/mol. The number of benzene rings is 1. The molecular formula is C30H42N4O4. The molecule has 0 radical (unpaired) electrons. The second kappa shape index (κ2) is 13.2. The first-order valence-electron chi connectivity index (χ1n) is 13.9. The van der Waals surface area contributed by atoms with Crippen molar-refractivity contribution in [3.63, 3.8) is 0 Å². The second-order valence-corrected chi connectivity index (χ2v) is 11.1. The van der Waals surface area contributed by atoms with Crippen LogP contribution in [0.4, 0.5) is 5.69 Å². The van der Waals surface area contributed by atoms with E-state index in [1.807, 2.05) is 37.3 Å². The summed E-state index contributed by atoms with van der Waals surface area (Å²) >= 11 is 0. The topological polar surface area (TPSA) is 95.0 Å². The van der Waals surface area contributed by atoms with Gasteiger partial charge in [-0.05, 0) is 62.7 Å². The van der Waals surface area contributed by atoms with E-state index in [1.54, 1.807) is 17.3 Å². The molecule has 1 unspecified atom stereocenters. The second-order valence-electron chi connectivity index (χ2n) is 11.1. The molecule has 4 rings (SSSR count). The van der Waals surface area contributed by atoms with Gasteiger partial charge in [0.1, 0.15) is 11.9 Å². The van der Waals surface area contributed by atoms with Crippen molar-refractivity contribution in [1.82, 2.24) is 14.8 Å². The molecule has 0 spiro atoms. The molecule has 1 aliphatic carbocycles. The number of hydrogen-bond donors (Lipinski definition) is 2. The number of nitrogens with zero attached hydrogens (tertiary/aromatic N) is 3. The highest BCUT2D eigenvalue weighted by molar-refractivity contribution is 5.93. The van der Waals surface area contributed by atoms with E-state index in [4.69, 9.17) is 4.74 Å². The van der Waals surface area contributed by atoms with Crippen LogP contribution in [-0.2, 0) is 22.6 Å². The van der Waals surface area contributed by atoms with Gasteiger partial charge in [0, 0.05) is 55.1 Å². The van der Waals surface area contributed by atoms with Crippen LogP contribution in [0.25, 0.3) is 0 Å². The number of aromatic nitrogens is 1. The number of carbonyl (C=O) groups is 2. The van der Waals surface area contributed by atoms with Crippen LogP contribution in [0, 0.1) is 11.8 Å². The van der Waals surface area contributed by atoms with Crippen molar-refractivity contribution in [3.8, 4) is 5.75 Å². The van der Waals surface area contributed by atoms with Crippen molar-refractivity contribution in [2.24, 2.45) is 11.8 Å². The third kappa shape index (κ3) is 7.32. The minimum absolute atomic E-state index is 0.0319. The van der Waals surface area contributed by atoms with E-state index in [-0.39, 0.29) is 48.8 Å². The molecule has 2 N–H and O–H groups in total. The van der Waals surface area contributed by atoms with Gasteiger partial charge in [-0.2, -0.15) is 0 Å². The maximum atomic E-state index is 13.4. The minimum Gasteiger partial charge on any atom is -0.488 e. The molecule has 38 heavy (non-hydrogen) atoms. The van der Waals surface area contributed by atoms with Crippen LogP contribution in [0.1, 0.15) is 57.1 Å². The van der Waals surface area contributed by atoms with Crippen LogP contribution in [0.15, 0.2) is 42.7 Å². The summed E-state index contributed by atoms with van der Waals surface area (Å²) in [5.74, 6) is 0.754. The molecule has 2 amide bonds. The summed E-state index contributed by atoms with van der Waals surface area (Å²) in [7, 11) is 2.06. The average Bonchev–Trinajstić information content (AvgIpc) is 2.97. The number of aliphatic hydroxyl groups excluding tert-OH is 1. The Morgan fingerprint density at radius 2 is 1.95 bits per heavy atom. The highest BCUT2D eigenvalue weighted by atomic mass is 16.5. The number of pyridine rings is 1. The van der Waals surface area contributed by atoms with Crippen LogP contribution in [0.3, 0.4) is 0 Å². The number of fused-ring (bicyclic) bond motifs is 1.